The third-order valence-electron chi connectivity index (χ3n) is 4.69. The normalized spacial score (nSPS) is 10.9. The molecule has 2 amide bonds. The van der Waals surface area contributed by atoms with Crippen molar-refractivity contribution in [3.63, 3.8) is 0 Å². The summed E-state index contributed by atoms with van der Waals surface area (Å²) in [5.74, 6) is -0.637. The van der Waals surface area contributed by atoms with E-state index in [4.69, 9.17) is 0 Å². The van der Waals surface area contributed by atoms with Crippen LogP contribution >= 0.6 is 0 Å². The number of hydrogen-bond acceptors (Lipinski definition) is 4. The SMILES string of the molecule is C=CC(=O)Nc1ccccc1-c1ccc(NC(=O)c2ccc(S(C)(=O)=O)cc2)cc1C. The number of nitrogens with one attached hydrogen (secondary N) is 2. The molecule has 7 heteroatoms. The van der Waals surface area contributed by atoms with Gasteiger partial charge in [0.05, 0.1) is 4.90 Å². The number of sulfone groups is 1. The first-order valence-corrected chi connectivity index (χ1v) is 11.3. The summed E-state index contributed by atoms with van der Waals surface area (Å²) in [7, 11) is -3.32. The van der Waals surface area contributed by atoms with Crippen LogP contribution in [0.25, 0.3) is 11.1 Å². The molecule has 0 aliphatic carbocycles. The van der Waals surface area contributed by atoms with E-state index in [2.05, 4.69) is 17.2 Å². The van der Waals surface area contributed by atoms with E-state index in [1.807, 2.05) is 43.3 Å². The molecule has 158 valence electrons. The molecule has 0 aliphatic rings. The molecule has 0 spiro atoms. The molecule has 0 bridgehead atoms. The molecule has 0 atom stereocenters. The van der Waals surface area contributed by atoms with Gasteiger partial charge in [0.2, 0.25) is 5.91 Å². The summed E-state index contributed by atoms with van der Waals surface area (Å²) in [6, 6.07) is 18.7. The highest BCUT2D eigenvalue weighted by Gasteiger charge is 2.12. The maximum absolute atomic E-state index is 12.5. The van der Waals surface area contributed by atoms with Crippen molar-refractivity contribution >= 4 is 33.0 Å². The van der Waals surface area contributed by atoms with Crippen LogP contribution in [0.2, 0.25) is 0 Å². The van der Waals surface area contributed by atoms with Crippen LogP contribution in [0.15, 0.2) is 84.3 Å². The number of amides is 2. The minimum atomic E-state index is -3.32. The molecular formula is C24H22N2O4S. The summed E-state index contributed by atoms with van der Waals surface area (Å²) in [5.41, 5.74) is 4.29. The van der Waals surface area contributed by atoms with Crippen LogP contribution in [0.5, 0.6) is 0 Å². The molecule has 0 saturated carbocycles. The highest BCUT2D eigenvalue weighted by Crippen LogP contribution is 2.32. The second-order valence-corrected chi connectivity index (χ2v) is 9.04. The first kappa shape index (κ1) is 22.0. The van der Waals surface area contributed by atoms with E-state index in [9.17, 15) is 18.0 Å². The van der Waals surface area contributed by atoms with Gasteiger partial charge in [-0.3, -0.25) is 9.59 Å². The fourth-order valence-electron chi connectivity index (χ4n) is 3.11. The molecule has 0 aromatic heterocycles. The summed E-state index contributed by atoms with van der Waals surface area (Å²) in [5, 5.41) is 5.62. The number of hydrogen-bond donors (Lipinski definition) is 2. The van der Waals surface area contributed by atoms with Crippen LogP contribution in [-0.2, 0) is 14.6 Å². The first-order valence-electron chi connectivity index (χ1n) is 9.44. The molecule has 3 aromatic rings. The van der Waals surface area contributed by atoms with Gasteiger partial charge in [0.1, 0.15) is 0 Å². The van der Waals surface area contributed by atoms with Crippen molar-refractivity contribution in [2.45, 2.75) is 11.8 Å². The van der Waals surface area contributed by atoms with Crippen molar-refractivity contribution < 1.29 is 18.0 Å². The van der Waals surface area contributed by atoms with E-state index in [-0.39, 0.29) is 16.7 Å². The number of benzene rings is 3. The summed E-state index contributed by atoms with van der Waals surface area (Å²) in [4.78, 5) is 24.4. The zero-order valence-corrected chi connectivity index (χ0v) is 18.0. The topological polar surface area (TPSA) is 92.3 Å². The van der Waals surface area contributed by atoms with Gasteiger partial charge >= 0.3 is 0 Å². The molecule has 0 unspecified atom stereocenters. The van der Waals surface area contributed by atoms with Gasteiger partial charge in [0.25, 0.3) is 5.91 Å². The summed E-state index contributed by atoms with van der Waals surface area (Å²) >= 11 is 0. The Morgan fingerprint density at radius 1 is 0.903 bits per heavy atom. The smallest absolute Gasteiger partial charge is 0.255 e. The maximum Gasteiger partial charge on any atom is 0.255 e. The van der Waals surface area contributed by atoms with Crippen LogP contribution < -0.4 is 10.6 Å². The summed E-state index contributed by atoms with van der Waals surface area (Å²) in [6.45, 7) is 5.39. The van der Waals surface area contributed by atoms with Crippen molar-refractivity contribution in [3.05, 3.63) is 90.5 Å². The molecule has 0 fully saturated rings. The lowest BCUT2D eigenvalue weighted by Crippen LogP contribution is -2.12. The lowest BCUT2D eigenvalue weighted by molar-refractivity contribution is -0.111. The number of aryl methyl sites for hydroxylation is 1. The van der Waals surface area contributed by atoms with E-state index in [1.165, 1.54) is 30.3 Å². The van der Waals surface area contributed by atoms with E-state index >= 15 is 0 Å². The fraction of sp³-hybridized carbons (Fsp3) is 0.0833. The zero-order valence-electron chi connectivity index (χ0n) is 17.2. The van der Waals surface area contributed by atoms with Gasteiger partial charge < -0.3 is 10.6 Å². The number of anilines is 2. The summed E-state index contributed by atoms with van der Waals surface area (Å²) in [6.07, 6.45) is 2.33. The van der Waals surface area contributed by atoms with Crippen molar-refractivity contribution in [2.24, 2.45) is 0 Å². The first-order chi connectivity index (χ1) is 14.7. The minimum absolute atomic E-state index is 0.159. The van der Waals surface area contributed by atoms with E-state index in [0.29, 0.717) is 16.9 Å². The number of rotatable bonds is 6. The van der Waals surface area contributed by atoms with Crippen molar-refractivity contribution in [2.75, 3.05) is 16.9 Å². The van der Waals surface area contributed by atoms with E-state index in [0.717, 1.165) is 22.9 Å². The number of carbonyl (C=O) groups is 2. The quantitative estimate of drug-likeness (QED) is 0.561. The third kappa shape index (κ3) is 5.26. The van der Waals surface area contributed by atoms with Crippen LogP contribution in [-0.4, -0.2) is 26.5 Å². The van der Waals surface area contributed by atoms with Gasteiger partial charge in [-0.25, -0.2) is 8.42 Å². The Labute approximate surface area is 181 Å². The van der Waals surface area contributed by atoms with Gasteiger partial charge in [-0.05, 0) is 66.6 Å². The van der Waals surface area contributed by atoms with Crippen LogP contribution in [0.4, 0.5) is 11.4 Å². The largest absolute Gasteiger partial charge is 0.322 e. The molecular weight excluding hydrogens is 412 g/mol. The molecule has 0 heterocycles. The zero-order chi connectivity index (χ0) is 22.6. The van der Waals surface area contributed by atoms with Crippen LogP contribution in [0.3, 0.4) is 0 Å². The van der Waals surface area contributed by atoms with Gasteiger partial charge in [-0.2, -0.15) is 0 Å². The molecule has 0 aliphatic heterocycles. The standard InChI is InChI=1S/C24H22N2O4S/c1-4-23(27)26-22-8-6-5-7-21(22)20-14-11-18(15-16(20)2)25-24(28)17-9-12-19(13-10-17)31(3,29)30/h4-15H,1H2,2-3H3,(H,25,28)(H,26,27). The number of para-hydroxylation sites is 1. The molecule has 0 radical (unpaired) electrons. The fourth-order valence-corrected chi connectivity index (χ4v) is 3.74. The highest BCUT2D eigenvalue weighted by molar-refractivity contribution is 7.90. The highest BCUT2D eigenvalue weighted by atomic mass is 32.2. The minimum Gasteiger partial charge on any atom is -0.322 e. The predicted molar refractivity (Wildman–Crippen MR) is 123 cm³/mol. The molecule has 2 N–H and O–H groups in total. The van der Waals surface area contributed by atoms with Gasteiger partial charge in [0, 0.05) is 28.8 Å². The third-order valence-corrected chi connectivity index (χ3v) is 5.82. The monoisotopic (exact) mass is 434 g/mol. The molecule has 6 nitrogen and oxygen atoms in total. The number of carbonyl (C=O) groups excluding carboxylic acids is 2. The van der Waals surface area contributed by atoms with E-state index in [1.54, 1.807) is 6.07 Å². The Hall–Kier alpha value is -3.71. The second kappa shape index (κ2) is 8.97. The lowest BCUT2D eigenvalue weighted by Gasteiger charge is -2.14. The second-order valence-electron chi connectivity index (χ2n) is 7.02. The lowest BCUT2D eigenvalue weighted by atomic mass is 9.98. The average Bonchev–Trinajstić information content (AvgIpc) is 2.74. The van der Waals surface area contributed by atoms with Crippen molar-refractivity contribution in [3.8, 4) is 11.1 Å². The Bertz CT molecular complexity index is 1260. The van der Waals surface area contributed by atoms with Crippen LogP contribution in [0, 0.1) is 6.92 Å². The Morgan fingerprint density at radius 3 is 2.19 bits per heavy atom. The Balaban J connectivity index is 1.83. The van der Waals surface area contributed by atoms with Gasteiger partial charge in [-0.1, -0.05) is 30.8 Å². The predicted octanol–water partition coefficient (Wildman–Crippen LogP) is 4.44. The molecule has 31 heavy (non-hydrogen) atoms. The van der Waals surface area contributed by atoms with Gasteiger partial charge in [-0.15, -0.1) is 0 Å². The van der Waals surface area contributed by atoms with Crippen molar-refractivity contribution in [1.82, 2.24) is 0 Å². The molecule has 0 saturated heterocycles. The van der Waals surface area contributed by atoms with E-state index < -0.39 is 9.84 Å². The maximum atomic E-state index is 12.5. The molecule has 3 rings (SSSR count). The van der Waals surface area contributed by atoms with Crippen molar-refractivity contribution in [1.29, 1.82) is 0 Å². The Morgan fingerprint density at radius 2 is 1.58 bits per heavy atom. The van der Waals surface area contributed by atoms with Gasteiger partial charge in [0.15, 0.2) is 9.84 Å². The average molecular weight is 435 g/mol. The Kier molecular flexibility index (Phi) is 6.36. The molecule has 3 aromatic carbocycles. The summed E-state index contributed by atoms with van der Waals surface area (Å²) < 4.78 is 23.1. The van der Waals surface area contributed by atoms with Crippen LogP contribution in [0.1, 0.15) is 15.9 Å².